The van der Waals surface area contributed by atoms with E-state index in [-0.39, 0.29) is 0 Å². The lowest BCUT2D eigenvalue weighted by Gasteiger charge is -1.89. The van der Waals surface area contributed by atoms with Crippen LogP contribution in [-0.2, 0) is 0 Å². The molecule has 0 unspecified atom stereocenters. The van der Waals surface area contributed by atoms with E-state index < -0.39 is 0 Å². The van der Waals surface area contributed by atoms with Gasteiger partial charge < -0.3 is 5.11 Å². The molecule has 2 saturated carbocycles. The van der Waals surface area contributed by atoms with Crippen molar-refractivity contribution in [2.75, 3.05) is 6.61 Å². The minimum absolute atomic E-state index is 0.434. The third-order valence-corrected chi connectivity index (χ3v) is 2.79. The standard InChI is InChI=1S/C6H10O/c1-5-2-6(5,3-5)4-7/h7H,2-4H2,1H3. The maximum atomic E-state index is 8.67. The van der Waals surface area contributed by atoms with Crippen LogP contribution in [0.25, 0.3) is 0 Å². The van der Waals surface area contributed by atoms with Gasteiger partial charge in [0.1, 0.15) is 0 Å². The first-order valence-electron chi connectivity index (χ1n) is 2.83. The molecule has 1 nitrogen and oxygen atoms in total. The molecule has 40 valence electrons. The van der Waals surface area contributed by atoms with Crippen molar-refractivity contribution in [3.05, 3.63) is 0 Å². The van der Waals surface area contributed by atoms with Crippen molar-refractivity contribution in [2.24, 2.45) is 10.8 Å². The van der Waals surface area contributed by atoms with E-state index >= 15 is 0 Å². The molecule has 2 fully saturated rings. The van der Waals surface area contributed by atoms with Crippen LogP contribution in [0.1, 0.15) is 19.8 Å². The minimum Gasteiger partial charge on any atom is -0.396 e. The van der Waals surface area contributed by atoms with Crippen LogP contribution in [0.3, 0.4) is 0 Å². The molecule has 2 aliphatic carbocycles. The largest absolute Gasteiger partial charge is 0.396 e. The topological polar surface area (TPSA) is 20.2 Å². The van der Waals surface area contributed by atoms with Crippen molar-refractivity contribution in [3.63, 3.8) is 0 Å². The molecule has 0 heterocycles. The first-order valence-corrected chi connectivity index (χ1v) is 2.83. The van der Waals surface area contributed by atoms with Crippen LogP contribution < -0.4 is 0 Å². The summed E-state index contributed by atoms with van der Waals surface area (Å²) < 4.78 is 0. The molecular formula is C6H10O. The van der Waals surface area contributed by atoms with Gasteiger partial charge in [0.15, 0.2) is 0 Å². The lowest BCUT2D eigenvalue weighted by molar-refractivity contribution is 0.246. The maximum absolute atomic E-state index is 8.67. The molecule has 0 bridgehead atoms. The predicted molar refractivity (Wildman–Crippen MR) is 26.9 cm³/mol. The Balaban J connectivity index is 2.14. The van der Waals surface area contributed by atoms with E-state index in [2.05, 4.69) is 6.92 Å². The fraction of sp³-hybridized carbons (Fsp3) is 1.00. The van der Waals surface area contributed by atoms with Crippen molar-refractivity contribution in [3.8, 4) is 0 Å². The minimum atomic E-state index is 0.434. The molecule has 0 aromatic carbocycles. The van der Waals surface area contributed by atoms with Crippen LogP contribution in [0.15, 0.2) is 0 Å². The van der Waals surface area contributed by atoms with Gasteiger partial charge in [-0.2, -0.15) is 0 Å². The van der Waals surface area contributed by atoms with Crippen molar-refractivity contribution in [2.45, 2.75) is 19.8 Å². The normalized spacial score (nSPS) is 64.3. The Hall–Kier alpha value is -0.0400. The van der Waals surface area contributed by atoms with E-state index in [0.29, 0.717) is 17.4 Å². The highest BCUT2D eigenvalue weighted by atomic mass is 16.3. The fourth-order valence-corrected chi connectivity index (χ4v) is 1.66. The van der Waals surface area contributed by atoms with E-state index in [0.717, 1.165) is 0 Å². The average molecular weight is 98.1 g/mol. The lowest BCUT2D eigenvalue weighted by Crippen LogP contribution is -1.90. The third-order valence-electron chi connectivity index (χ3n) is 2.79. The van der Waals surface area contributed by atoms with Gasteiger partial charge in [-0.1, -0.05) is 6.92 Å². The van der Waals surface area contributed by atoms with Gasteiger partial charge in [-0.3, -0.25) is 0 Å². The Morgan fingerprint density at radius 2 is 2.00 bits per heavy atom. The smallest absolute Gasteiger partial charge is 0.0493 e. The Kier molecular flexibility index (Phi) is 0.365. The number of aliphatic hydroxyl groups is 1. The Bertz CT molecular complexity index is 106. The van der Waals surface area contributed by atoms with Crippen molar-refractivity contribution < 1.29 is 5.11 Å². The highest BCUT2D eigenvalue weighted by molar-refractivity contribution is 5.28. The van der Waals surface area contributed by atoms with E-state index in [1.165, 1.54) is 12.8 Å². The number of aliphatic hydroxyl groups excluding tert-OH is 1. The molecule has 1 heteroatoms. The third kappa shape index (κ3) is 0.235. The van der Waals surface area contributed by atoms with Gasteiger partial charge in [0.25, 0.3) is 0 Å². The second-order valence-electron chi connectivity index (χ2n) is 3.35. The van der Waals surface area contributed by atoms with Gasteiger partial charge in [0, 0.05) is 6.61 Å². The monoisotopic (exact) mass is 98.1 g/mol. The summed E-state index contributed by atoms with van der Waals surface area (Å²) >= 11 is 0. The molecule has 0 aliphatic heterocycles. The van der Waals surface area contributed by atoms with Gasteiger partial charge in [0.2, 0.25) is 0 Å². The molecule has 0 aromatic rings. The molecular weight excluding hydrogens is 88.1 g/mol. The SMILES string of the molecule is CC12CC1(CO)C2. The highest BCUT2D eigenvalue weighted by Gasteiger charge is 2.79. The second kappa shape index (κ2) is 0.655. The Labute approximate surface area is 43.3 Å². The van der Waals surface area contributed by atoms with Gasteiger partial charge in [-0.05, 0) is 23.7 Å². The summed E-state index contributed by atoms with van der Waals surface area (Å²) in [5, 5.41) is 8.67. The molecule has 0 atom stereocenters. The highest BCUT2D eigenvalue weighted by Crippen LogP contribution is 2.85. The maximum Gasteiger partial charge on any atom is 0.0493 e. The quantitative estimate of drug-likeness (QED) is 0.513. The average Bonchev–Trinajstić information content (AvgIpc) is 2.24. The molecule has 2 aliphatic rings. The van der Waals surface area contributed by atoms with Crippen LogP contribution in [0.4, 0.5) is 0 Å². The molecule has 0 amide bonds. The Morgan fingerprint density at radius 1 is 1.57 bits per heavy atom. The van der Waals surface area contributed by atoms with Crippen molar-refractivity contribution in [1.82, 2.24) is 0 Å². The van der Waals surface area contributed by atoms with Crippen LogP contribution in [0.2, 0.25) is 0 Å². The molecule has 0 spiro atoms. The van der Waals surface area contributed by atoms with Gasteiger partial charge in [-0.25, -0.2) is 0 Å². The number of hydrogen-bond donors (Lipinski definition) is 1. The molecule has 1 N–H and O–H groups in total. The summed E-state index contributed by atoms with van der Waals surface area (Å²) in [6.07, 6.45) is 2.58. The first kappa shape index (κ1) is 3.90. The summed E-state index contributed by atoms with van der Waals surface area (Å²) in [5.41, 5.74) is 1.06. The number of fused-ring (bicyclic) bond motifs is 1. The molecule has 0 saturated heterocycles. The molecule has 7 heavy (non-hydrogen) atoms. The molecule has 2 rings (SSSR count). The van der Waals surface area contributed by atoms with Crippen LogP contribution >= 0.6 is 0 Å². The predicted octanol–water partition coefficient (Wildman–Crippen LogP) is 0.779. The second-order valence-corrected chi connectivity index (χ2v) is 3.35. The summed E-state index contributed by atoms with van der Waals surface area (Å²) in [7, 11) is 0. The zero-order valence-electron chi connectivity index (χ0n) is 4.57. The van der Waals surface area contributed by atoms with Crippen molar-refractivity contribution >= 4 is 0 Å². The summed E-state index contributed by atoms with van der Waals surface area (Å²) in [6, 6.07) is 0. The van der Waals surface area contributed by atoms with Gasteiger partial charge in [-0.15, -0.1) is 0 Å². The zero-order valence-corrected chi connectivity index (χ0v) is 4.57. The summed E-state index contributed by atoms with van der Waals surface area (Å²) in [5.74, 6) is 0. The number of rotatable bonds is 1. The van der Waals surface area contributed by atoms with E-state index in [9.17, 15) is 0 Å². The Morgan fingerprint density at radius 3 is 2.00 bits per heavy atom. The first-order chi connectivity index (χ1) is 3.22. The molecule has 0 radical (unpaired) electrons. The van der Waals surface area contributed by atoms with E-state index in [1.807, 2.05) is 0 Å². The fourth-order valence-electron chi connectivity index (χ4n) is 1.66. The van der Waals surface area contributed by atoms with Crippen LogP contribution in [0, 0.1) is 10.8 Å². The number of hydrogen-bond acceptors (Lipinski definition) is 1. The van der Waals surface area contributed by atoms with Gasteiger partial charge >= 0.3 is 0 Å². The zero-order chi connectivity index (χ0) is 5.12. The van der Waals surface area contributed by atoms with E-state index in [4.69, 9.17) is 5.11 Å². The van der Waals surface area contributed by atoms with Crippen molar-refractivity contribution in [1.29, 1.82) is 0 Å². The van der Waals surface area contributed by atoms with Crippen LogP contribution in [-0.4, -0.2) is 11.7 Å². The van der Waals surface area contributed by atoms with Crippen LogP contribution in [0.5, 0.6) is 0 Å². The molecule has 0 aromatic heterocycles. The van der Waals surface area contributed by atoms with E-state index in [1.54, 1.807) is 0 Å². The lowest BCUT2D eigenvalue weighted by atomic mass is 10.2. The van der Waals surface area contributed by atoms with Gasteiger partial charge in [0.05, 0.1) is 0 Å². The summed E-state index contributed by atoms with van der Waals surface area (Å²) in [4.78, 5) is 0. The summed E-state index contributed by atoms with van der Waals surface area (Å²) in [6.45, 7) is 2.69.